The molecule has 1 rings (SSSR count). The fourth-order valence-electron chi connectivity index (χ4n) is 1.36. The van der Waals surface area contributed by atoms with Gasteiger partial charge in [-0.2, -0.15) is 5.10 Å². The second-order valence-electron chi connectivity index (χ2n) is 3.63. The van der Waals surface area contributed by atoms with Gasteiger partial charge in [-0.15, -0.1) is 0 Å². The van der Waals surface area contributed by atoms with Gasteiger partial charge >= 0.3 is 5.97 Å². The van der Waals surface area contributed by atoms with E-state index in [1.165, 1.54) is 6.20 Å². The molecule has 0 aliphatic heterocycles. The second kappa shape index (κ2) is 4.25. The standard InChI is InChI=1S/C10H14N2O3/c1-6(4-9(13)14)10(15)8-5-11-12(3)7(8)2/h5-6H,4H2,1-3H3,(H,13,14). The number of aromatic nitrogens is 2. The van der Waals surface area contributed by atoms with Gasteiger partial charge in [0, 0.05) is 18.7 Å². The van der Waals surface area contributed by atoms with Crippen LogP contribution in [0, 0.1) is 12.8 Å². The first kappa shape index (κ1) is 11.4. The molecule has 0 aromatic carbocycles. The molecule has 1 aromatic heterocycles. The molecule has 0 amide bonds. The number of ketones is 1. The zero-order chi connectivity index (χ0) is 11.6. The topological polar surface area (TPSA) is 72.2 Å². The monoisotopic (exact) mass is 210 g/mol. The van der Waals surface area contributed by atoms with Crippen LogP contribution < -0.4 is 0 Å². The number of hydrogen-bond donors (Lipinski definition) is 1. The van der Waals surface area contributed by atoms with Crippen LogP contribution in [-0.4, -0.2) is 26.6 Å². The highest BCUT2D eigenvalue weighted by Crippen LogP contribution is 2.14. The molecule has 0 saturated carbocycles. The summed E-state index contributed by atoms with van der Waals surface area (Å²) in [6.07, 6.45) is 1.34. The molecule has 1 heterocycles. The zero-order valence-corrected chi connectivity index (χ0v) is 9.02. The number of Topliss-reactive ketones (excluding diaryl/α,β-unsaturated/α-hetero) is 1. The van der Waals surface area contributed by atoms with Gasteiger partial charge in [0.1, 0.15) is 0 Å². The molecule has 5 nitrogen and oxygen atoms in total. The minimum absolute atomic E-state index is 0.146. The number of nitrogens with zero attached hydrogens (tertiary/aromatic N) is 2. The van der Waals surface area contributed by atoms with Gasteiger partial charge in [0.25, 0.3) is 0 Å². The van der Waals surface area contributed by atoms with Crippen LogP contribution in [0.2, 0.25) is 0 Å². The van der Waals surface area contributed by atoms with Crippen molar-refractivity contribution >= 4 is 11.8 Å². The summed E-state index contributed by atoms with van der Waals surface area (Å²) in [6, 6.07) is 0. The Morgan fingerprint density at radius 2 is 2.20 bits per heavy atom. The Morgan fingerprint density at radius 1 is 1.60 bits per heavy atom. The van der Waals surface area contributed by atoms with E-state index in [1.807, 2.05) is 0 Å². The smallest absolute Gasteiger partial charge is 0.304 e. The van der Waals surface area contributed by atoms with Gasteiger partial charge in [-0.1, -0.05) is 6.92 Å². The minimum atomic E-state index is -0.961. The highest BCUT2D eigenvalue weighted by Gasteiger charge is 2.21. The third-order valence-corrected chi connectivity index (χ3v) is 2.43. The molecule has 15 heavy (non-hydrogen) atoms. The quantitative estimate of drug-likeness (QED) is 0.753. The number of rotatable bonds is 4. The summed E-state index contributed by atoms with van der Waals surface area (Å²) < 4.78 is 1.60. The zero-order valence-electron chi connectivity index (χ0n) is 9.02. The maximum atomic E-state index is 11.8. The highest BCUT2D eigenvalue weighted by atomic mass is 16.4. The van der Waals surface area contributed by atoms with Gasteiger partial charge in [-0.25, -0.2) is 0 Å². The fourth-order valence-corrected chi connectivity index (χ4v) is 1.36. The van der Waals surface area contributed by atoms with Gasteiger partial charge in [0.2, 0.25) is 0 Å². The molecule has 0 bridgehead atoms. The summed E-state index contributed by atoms with van der Waals surface area (Å²) in [7, 11) is 1.74. The number of carbonyl (C=O) groups excluding carboxylic acids is 1. The van der Waals surface area contributed by atoms with E-state index in [9.17, 15) is 9.59 Å². The van der Waals surface area contributed by atoms with E-state index in [0.29, 0.717) is 5.56 Å². The molecule has 5 heteroatoms. The fraction of sp³-hybridized carbons (Fsp3) is 0.500. The first-order chi connectivity index (χ1) is 6.93. The maximum Gasteiger partial charge on any atom is 0.304 e. The van der Waals surface area contributed by atoms with Crippen LogP contribution >= 0.6 is 0 Å². The van der Waals surface area contributed by atoms with Gasteiger partial charge in [0.05, 0.1) is 18.2 Å². The van der Waals surface area contributed by atoms with Crippen molar-refractivity contribution in [2.24, 2.45) is 13.0 Å². The van der Waals surface area contributed by atoms with E-state index in [1.54, 1.807) is 25.6 Å². The van der Waals surface area contributed by atoms with Crippen molar-refractivity contribution in [1.82, 2.24) is 9.78 Å². The molecule has 1 unspecified atom stereocenters. The lowest BCUT2D eigenvalue weighted by Crippen LogP contribution is -2.16. The van der Waals surface area contributed by atoms with Crippen LogP contribution in [-0.2, 0) is 11.8 Å². The first-order valence-corrected chi connectivity index (χ1v) is 4.68. The SMILES string of the molecule is Cc1c(C(=O)C(C)CC(=O)O)cnn1C. The molecule has 1 atom stereocenters. The normalized spacial score (nSPS) is 12.5. The predicted octanol–water partition coefficient (Wildman–Crippen LogP) is 1.02. The van der Waals surface area contributed by atoms with E-state index >= 15 is 0 Å². The lowest BCUT2D eigenvalue weighted by Gasteiger charge is -2.06. The van der Waals surface area contributed by atoms with Crippen molar-refractivity contribution in [3.8, 4) is 0 Å². The Kier molecular flexibility index (Phi) is 3.24. The van der Waals surface area contributed by atoms with Gasteiger partial charge in [0.15, 0.2) is 5.78 Å². The molecule has 0 fully saturated rings. The molecular weight excluding hydrogens is 196 g/mol. The maximum absolute atomic E-state index is 11.8. The van der Waals surface area contributed by atoms with Crippen molar-refractivity contribution in [2.75, 3.05) is 0 Å². The van der Waals surface area contributed by atoms with E-state index in [2.05, 4.69) is 5.10 Å². The minimum Gasteiger partial charge on any atom is -0.481 e. The van der Waals surface area contributed by atoms with E-state index in [0.717, 1.165) is 5.69 Å². The Hall–Kier alpha value is -1.65. The van der Waals surface area contributed by atoms with Crippen molar-refractivity contribution in [2.45, 2.75) is 20.3 Å². The lowest BCUT2D eigenvalue weighted by molar-refractivity contribution is -0.137. The Bertz CT molecular complexity index is 395. The largest absolute Gasteiger partial charge is 0.481 e. The number of carboxylic acids is 1. The molecule has 0 radical (unpaired) electrons. The van der Waals surface area contributed by atoms with Gasteiger partial charge in [-0.05, 0) is 6.92 Å². The highest BCUT2D eigenvalue weighted by molar-refractivity contribution is 5.99. The molecule has 82 valence electrons. The van der Waals surface area contributed by atoms with Crippen LogP contribution in [0.3, 0.4) is 0 Å². The summed E-state index contributed by atoms with van der Waals surface area (Å²) >= 11 is 0. The average Bonchev–Trinajstić information content (AvgIpc) is 2.45. The van der Waals surface area contributed by atoms with Crippen molar-refractivity contribution in [1.29, 1.82) is 0 Å². The summed E-state index contributed by atoms with van der Waals surface area (Å²) in [4.78, 5) is 22.3. The first-order valence-electron chi connectivity index (χ1n) is 4.68. The average molecular weight is 210 g/mol. The van der Waals surface area contributed by atoms with Gasteiger partial charge in [-0.3, -0.25) is 14.3 Å². The number of carboxylic acid groups (broad SMARTS) is 1. The third-order valence-electron chi connectivity index (χ3n) is 2.43. The molecule has 0 saturated heterocycles. The van der Waals surface area contributed by atoms with Crippen LogP contribution in [0.4, 0.5) is 0 Å². The molecule has 1 N–H and O–H groups in total. The summed E-state index contributed by atoms with van der Waals surface area (Å²) in [6.45, 7) is 3.40. The number of hydrogen-bond acceptors (Lipinski definition) is 3. The Labute approximate surface area is 87.7 Å². The van der Waals surface area contributed by atoms with Crippen molar-refractivity contribution in [3.05, 3.63) is 17.5 Å². The third kappa shape index (κ3) is 2.43. The van der Waals surface area contributed by atoms with E-state index in [4.69, 9.17) is 5.11 Å². The van der Waals surface area contributed by atoms with Crippen LogP contribution in [0.15, 0.2) is 6.20 Å². The molecular formula is C10H14N2O3. The van der Waals surface area contributed by atoms with E-state index < -0.39 is 11.9 Å². The molecule has 1 aromatic rings. The molecule has 0 spiro atoms. The summed E-state index contributed by atoms with van der Waals surface area (Å²) in [5, 5.41) is 12.5. The Balaban J connectivity index is 2.85. The van der Waals surface area contributed by atoms with Crippen LogP contribution in [0.5, 0.6) is 0 Å². The van der Waals surface area contributed by atoms with Crippen molar-refractivity contribution in [3.63, 3.8) is 0 Å². The Morgan fingerprint density at radius 3 is 2.60 bits per heavy atom. The second-order valence-corrected chi connectivity index (χ2v) is 3.63. The predicted molar refractivity (Wildman–Crippen MR) is 53.7 cm³/mol. The van der Waals surface area contributed by atoms with Crippen LogP contribution in [0.1, 0.15) is 29.4 Å². The van der Waals surface area contributed by atoms with E-state index in [-0.39, 0.29) is 12.2 Å². The van der Waals surface area contributed by atoms with Gasteiger partial charge < -0.3 is 5.11 Å². The van der Waals surface area contributed by atoms with Crippen molar-refractivity contribution < 1.29 is 14.7 Å². The number of aliphatic carboxylic acids is 1. The summed E-state index contributed by atoms with van der Waals surface area (Å²) in [5.41, 5.74) is 1.27. The molecule has 0 aliphatic carbocycles. The van der Waals surface area contributed by atoms with Crippen LogP contribution in [0.25, 0.3) is 0 Å². The number of carbonyl (C=O) groups is 2. The summed E-state index contributed by atoms with van der Waals surface area (Å²) in [5.74, 6) is -1.63. The molecule has 0 aliphatic rings. The lowest BCUT2D eigenvalue weighted by atomic mass is 9.97. The number of aryl methyl sites for hydroxylation is 1.